The zero-order valence-electron chi connectivity index (χ0n) is 12.0. The molecule has 0 bridgehead atoms. The van der Waals surface area contributed by atoms with Crippen molar-refractivity contribution in [1.29, 1.82) is 0 Å². The first-order valence-electron chi connectivity index (χ1n) is 6.98. The van der Waals surface area contributed by atoms with E-state index in [2.05, 4.69) is 20.8 Å². The Morgan fingerprint density at radius 2 is 2.16 bits per heavy atom. The van der Waals surface area contributed by atoms with Gasteiger partial charge in [0, 0.05) is 18.3 Å². The summed E-state index contributed by atoms with van der Waals surface area (Å²) >= 11 is 6.92. The van der Waals surface area contributed by atoms with E-state index in [-0.39, 0.29) is 11.7 Å². The highest BCUT2D eigenvalue weighted by Crippen LogP contribution is 2.36. The van der Waals surface area contributed by atoms with Crippen molar-refractivity contribution in [1.82, 2.24) is 0 Å². The van der Waals surface area contributed by atoms with Crippen LogP contribution in [0.4, 0.5) is 0 Å². The summed E-state index contributed by atoms with van der Waals surface area (Å²) < 4.78 is 17.6. The molecule has 0 unspecified atom stereocenters. The lowest BCUT2D eigenvalue weighted by molar-refractivity contribution is -0.151. The molecule has 2 aliphatic rings. The highest BCUT2D eigenvalue weighted by molar-refractivity contribution is 8.22. The fourth-order valence-electron chi connectivity index (χ4n) is 2.41. The first-order valence-corrected chi connectivity index (χ1v) is 8.38. The molecule has 0 aromatic heterocycles. The van der Waals surface area contributed by atoms with Gasteiger partial charge in [-0.3, -0.25) is 0 Å². The predicted octanol–water partition coefficient (Wildman–Crippen LogP) is 3.47. The molecule has 0 aromatic carbocycles. The summed E-state index contributed by atoms with van der Waals surface area (Å²) in [5.41, 5.74) is 0.156. The van der Waals surface area contributed by atoms with Crippen LogP contribution in [0.2, 0.25) is 0 Å². The van der Waals surface area contributed by atoms with Crippen LogP contribution in [0, 0.1) is 17.3 Å². The zero-order valence-corrected chi connectivity index (χ0v) is 13.6. The van der Waals surface area contributed by atoms with Crippen molar-refractivity contribution in [2.45, 2.75) is 39.9 Å². The quantitative estimate of drug-likeness (QED) is 0.744. The average Bonchev–Trinajstić information content (AvgIpc) is 2.76. The maximum Gasteiger partial charge on any atom is 0.219 e. The molecule has 0 aromatic rings. The summed E-state index contributed by atoms with van der Waals surface area (Å²) in [6, 6.07) is 0. The van der Waals surface area contributed by atoms with Crippen molar-refractivity contribution in [3.63, 3.8) is 0 Å². The van der Waals surface area contributed by atoms with Gasteiger partial charge in [0.25, 0.3) is 0 Å². The Labute approximate surface area is 125 Å². The predicted molar refractivity (Wildman–Crippen MR) is 82.4 cm³/mol. The van der Waals surface area contributed by atoms with E-state index in [9.17, 15) is 0 Å². The molecule has 0 radical (unpaired) electrons. The summed E-state index contributed by atoms with van der Waals surface area (Å²) in [5, 5.41) is 0. The molecule has 2 fully saturated rings. The highest BCUT2D eigenvalue weighted by Gasteiger charge is 2.39. The lowest BCUT2D eigenvalue weighted by atomic mass is 9.90. The van der Waals surface area contributed by atoms with E-state index in [1.54, 1.807) is 11.8 Å². The molecule has 2 saturated heterocycles. The van der Waals surface area contributed by atoms with Gasteiger partial charge >= 0.3 is 0 Å². The lowest BCUT2D eigenvalue weighted by Gasteiger charge is -2.27. The van der Waals surface area contributed by atoms with E-state index in [1.165, 1.54) is 6.42 Å². The van der Waals surface area contributed by atoms with Gasteiger partial charge < -0.3 is 14.2 Å². The van der Waals surface area contributed by atoms with Crippen LogP contribution in [0.5, 0.6) is 0 Å². The van der Waals surface area contributed by atoms with Crippen LogP contribution in [-0.4, -0.2) is 36.2 Å². The number of ether oxygens (including phenoxy) is 3. The lowest BCUT2D eigenvalue weighted by Crippen LogP contribution is -2.29. The Balaban J connectivity index is 1.69. The largest absolute Gasteiger partial charge is 0.478 e. The average molecular weight is 304 g/mol. The van der Waals surface area contributed by atoms with E-state index in [4.69, 9.17) is 26.4 Å². The molecule has 3 atom stereocenters. The number of thioether (sulfide) groups is 1. The molecule has 5 heteroatoms. The van der Waals surface area contributed by atoms with Crippen LogP contribution in [-0.2, 0) is 14.2 Å². The third-order valence-corrected chi connectivity index (χ3v) is 4.85. The van der Waals surface area contributed by atoms with Crippen LogP contribution in [0.25, 0.3) is 0 Å². The molecule has 2 rings (SSSR count). The van der Waals surface area contributed by atoms with Crippen LogP contribution in [0.3, 0.4) is 0 Å². The van der Waals surface area contributed by atoms with Gasteiger partial charge in [-0.05, 0) is 36.4 Å². The number of rotatable bonds is 3. The molecular formula is C14H24O3S2. The van der Waals surface area contributed by atoms with Crippen molar-refractivity contribution >= 4 is 28.4 Å². The SMILES string of the molecule is CC(C)(C)COC(=S)SC[C@H]1CO[C@@H]2OCCC[C@H]12. The molecule has 0 aliphatic carbocycles. The Bertz CT molecular complexity index is 314. The normalized spacial score (nSPS) is 31.0. The monoisotopic (exact) mass is 304 g/mol. The van der Waals surface area contributed by atoms with Crippen LogP contribution in [0.15, 0.2) is 0 Å². The Hall–Kier alpha value is 0.160. The molecule has 0 N–H and O–H groups in total. The van der Waals surface area contributed by atoms with Gasteiger partial charge in [-0.25, -0.2) is 0 Å². The zero-order chi connectivity index (χ0) is 13.9. The summed E-state index contributed by atoms with van der Waals surface area (Å²) in [6.07, 6.45) is 2.39. The first-order chi connectivity index (χ1) is 8.96. The highest BCUT2D eigenvalue weighted by atomic mass is 32.2. The molecule has 0 amide bonds. The summed E-state index contributed by atoms with van der Waals surface area (Å²) in [7, 11) is 0. The Morgan fingerprint density at radius 3 is 2.89 bits per heavy atom. The first kappa shape index (κ1) is 15.5. The molecule has 0 saturated carbocycles. The fourth-order valence-corrected chi connectivity index (χ4v) is 3.51. The van der Waals surface area contributed by atoms with Crippen molar-refractivity contribution in [3.05, 3.63) is 0 Å². The topological polar surface area (TPSA) is 27.7 Å². The summed E-state index contributed by atoms with van der Waals surface area (Å²) in [5.74, 6) is 2.08. The van der Waals surface area contributed by atoms with E-state index in [1.807, 2.05) is 0 Å². The molecule has 19 heavy (non-hydrogen) atoms. The number of fused-ring (bicyclic) bond motifs is 1. The van der Waals surface area contributed by atoms with E-state index in [0.29, 0.717) is 22.8 Å². The second-order valence-corrected chi connectivity index (χ2v) is 8.17. The maximum atomic E-state index is 5.70. The van der Waals surface area contributed by atoms with Gasteiger partial charge in [-0.15, -0.1) is 0 Å². The van der Waals surface area contributed by atoms with E-state index < -0.39 is 0 Å². The summed E-state index contributed by atoms with van der Waals surface area (Å²) in [6.45, 7) is 8.76. The molecule has 110 valence electrons. The van der Waals surface area contributed by atoms with Gasteiger partial charge in [-0.1, -0.05) is 32.5 Å². The van der Waals surface area contributed by atoms with E-state index >= 15 is 0 Å². The number of hydrogen-bond acceptors (Lipinski definition) is 5. The number of hydrogen-bond donors (Lipinski definition) is 0. The second-order valence-electron chi connectivity index (χ2n) is 6.55. The van der Waals surface area contributed by atoms with Crippen LogP contribution in [0.1, 0.15) is 33.6 Å². The molecule has 2 heterocycles. The van der Waals surface area contributed by atoms with Gasteiger partial charge in [0.1, 0.15) is 0 Å². The third-order valence-electron chi connectivity index (χ3n) is 3.43. The van der Waals surface area contributed by atoms with Crippen LogP contribution < -0.4 is 0 Å². The summed E-state index contributed by atoms with van der Waals surface area (Å²) in [4.78, 5) is 0. The van der Waals surface area contributed by atoms with E-state index in [0.717, 1.165) is 25.4 Å². The Morgan fingerprint density at radius 1 is 1.37 bits per heavy atom. The van der Waals surface area contributed by atoms with Crippen molar-refractivity contribution in [2.24, 2.45) is 17.3 Å². The van der Waals surface area contributed by atoms with Gasteiger partial charge in [0.05, 0.1) is 13.2 Å². The minimum absolute atomic E-state index is 0.0309. The minimum Gasteiger partial charge on any atom is -0.478 e. The fraction of sp³-hybridized carbons (Fsp3) is 0.929. The molecular weight excluding hydrogens is 280 g/mol. The standard InChI is InChI=1S/C14H24O3S2/c1-14(2,3)9-17-13(18)19-8-10-7-16-12-11(10)5-4-6-15-12/h10-12H,4-9H2,1-3H3/t10-,11-,12+/m1/s1. The smallest absolute Gasteiger partial charge is 0.219 e. The van der Waals surface area contributed by atoms with Crippen LogP contribution >= 0.6 is 24.0 Å². The molecule has 0 spiro atoms. The number of thiocarbonyl (C=S) groups is 1. The maximum absolute atomic E-state index is 5.70. The van der Waals surface area contributed by atoms with Crippen molar-refractivity contribution in [3.8, 4) is 0 Å². The molecule has 3 nitrogen and oxygen atoms in total. The van der Waals surface area contributed by atoms with Crippen molar-refractivity contribution in [2.75, 3.05) is 25.6 Å². The van der Waals surface area contributed by atoms with Gasteiger partial charge in [-0.2, -0.15) is 0 Å². The molecule has 2 aliphatic heterocycles. The van der Waals surface area contributed by atoms with Crippen molar-refractivity contribution < 1.29 is 14.2 Å². The van der Waals surface area contributed by atoms with Gasteiger partial charge in [0.2, 0.25) is 4.38 Å². The van der Waals surface area contributed by atoms with Gasteiger partial charge in [0.15, 0.2) is 6.29 Å². The minimum atomic E-state index is 0.0309. The second kappa shape index (κ2) is 6.74. The third kappa shape index (κ3) is 4.88. The Kier molecular flexibility index (Phi) is 5.52.